The molecule has 0 aromatic carbocycles. The van der Waals surface area contributed by atoms with Crippen LogP contribution in [-0.4, -0.2) is 12.1 Å². The smallest absolute Gasteiger partial charge is 0.00967 e. The Bertz CT molecular complexity index is 222. The van der Waals surface area contributed by atoms with E-state index in [4.69, 9.17) is 0 Å². The summed E-state index contributed by atoms with van der Waals surface area (Å²) in [5.74, 6) is 0. The van der Waals surface area contributed by atoms with Crippen LogP contribution in [0, 0.1) is 5.41 Å². The molecule has 1 heteroatoms. The van der Waals surface area contributed by atoms with Gasteiger partial charge in [0.25, 0.3) is 0 Å². The molecule has 0 aliphatic heterocycles. The van der Waals surface area contributed by atoms with Crippen molar-refractivity contribution in [1.82, 2.24) is 5.32 Å². The van der Waals surface area contributed by atoms with Gasteiger partial charge in [0, 0.05) is 12.1 Å². The molecule has 0 unspecified atom stereocenters. The molecule has 0 atom stereocenters. The van der Waals surface area contributed by atoms with Crippen molar-refractivity contribution in [3.8, 4) is 0 Å². The van der Waals surface area contributed by atoms with Gasteiger partial charge < -0.3 is 5.32 Å². The normalized spacial score (nSPS) is 12.9. The van der Waals surface area contributed by atoms with E-state index in [0.29, 0.717) is 5.41 Å². The number of unbranched alkanes of at least 4 members (excludes halogenated alkanes) is 7. The molecular weight excluding hydrogens is 254 g/mol. The second-order valence-electron chi connectivity index (χ2n) is 8.04. The number of hydrogen-bond acceptors (Lipinski definition) is 1. The summed E-state index contributed by atoms with van der Waals surface area (Å²) in [5, 5.41) is 3.74. The summed E-state index contributed by atoms with van der Waals surface area (Å²) in [7, 11) is 0. The third kappa shape index (κ3) is 11.2. The average Bonchev–Trinajstić information content (AvgIpc) is 2.44. The summed E-state index contributed by atoms with van der Waals surface area (Å²) in [6.45, 7) is 15.1. The maximum atomic E-state index is 3.74. The Balaban J connectivity index is 3.88. The van der Waals surface area contributed by atoms with Crippen LogP contribution in [0.2, 0.25) is 0 Å². The van der Waals surface area contributed by atoms with E-state index in [2.05, 4.69) is 46.9 Å². The fraction of sp³-hybridized carbons (Fsp3) is 1.00. The Labute approximate surface area is 135 Å². The summed E-state index contributed by atoms with van der Waals surface area (Å²) in [6.07, 6.45) is 15.4. The van der Waals surface area contributed by atoms with E-state index in [1.54, 1.807) is 0 Å². The Hall–Kier alpha value is -0.0400. The molecule has 0 aliphatic rings. The van der Waals surface area contributed by atoms with Crippen molar-refractivity contribution < 1.29 is 0 Å². The molecule has 0 fully saturated rings. The highest BCUT2D eigenvalue weighted by Gasteiger charge is 2.26. The molecule has 0 aromatic rings. The molecule has 0 rings (SSSR count). The summed E-state index contributed by atoms with van der Waals surface area (Å²) in [6, 6.07) is 0. The maximum absolute atomic E-state index is 3.74. The molecule has 1 N–H and O–H groups in total. The minimum atomic E-state index is 0.245. The molecule has 21 heavy (non-hydrogen) atoms. The molecule has 0 radical (unpaired) electrons. The van der Waals surface area contributed by atoms with Crippen molar-refractivity contribution in [1.29, 1.82) is 0 Å². The van der Waals surface area contributed by atoms with Gasteiger partial charge in [0.1, 0.15) is 0 Å². The summed E-state index contributed by atoms with van der Waals surface area (Å²) >= 11 is 0. The molecular formula is C20H43N. The van der Waals surface area contributed by atoms with E-state index >= 15 is 0 Å². The van der Waals surface area contributed by atoms with Gasteiger partial charge in [-0.15, -0.1) is 0 Å². The van der Waals surface area contributed by atoms with E-state index in [0.717, 1.165) is 0 Å². The highest BCUT2D eigenvalue weighted by Crippen LogP contribution is 2.33. The Morgan fingerprint density at radius 2 is 1.14 bits per heavy atom. The van der Waals surface area contributed by atoms with Crippen LogP contribution in [0.25, 0.3) is 0 Å². The second-order valence-corrected chi connectivity index (χ2v) is 8.04. The predicted molar refractivity (Wildman–Crippen MR) is 98.0 cm³/mol. The molecule has 0 aromatic heterocycles. The quantitative estimate of drug-likeness (QED) is 0.372. The summed E-state index contributed by atoms with van der Waals surface area (Å²) < 4.78 is 0. The van der Waals surface area contributed by atoms with Gasteiger partial charge in [0.2, 0.25) is 0 Å². The molecule has 0 saturated heterocycles. The van der Waals surface area contributed by atoms with E-state index in [1.807, 2.05) is 0 Å². The first-order valence-electron chi connectivity index (χ1n) is 9.64. The van der Waals surface area contributed by atoms with Crippen molar-refractivity contribution in [2.75, 3.05) is 6.54 Å². The molecule has 128 valence electrons. The number of hydrogen-bond donors (Lipinski definition) is 1. The minimum Gasteiger partial charge on any atom is -0.312 e. The van der Waals surface area contributed by atoms with Crippen LogP contribution in [0.3, 0.4) is 0 Å². The van der Waals surface area contributed by atoms with Crippen LogP contribution in [-0.2, 0) is 0 Å². The minimum absolute atomic E-state index is 0.245. The van der Waals surface area contributed by atoms with E-state index < -0.39 is 0 Å². The van der Waals surface area contributed by atoms with Gasteiger partial charge in [-0.1, -0.05) is 72.1 Å². The Morgan fingerprint density at radius 1 is 0.667 bits per heavy atom. The fourth-order valence-corrected chi connectivity index (χ4v) is 3.03. The lowest BCUT2D eigenvalue weighted by atomic mass is 9.77. The van der Waals surface area contributed by atoms with Crippen molar-refractivity contribution in [2.45, 2.75) is 118 Å². The first-order chi connectivity index (χ1) is 9.89. The van der Waals surface area contributed by atoms with E-state index in [1.165, 1.54) is 77.2 Å². The monoisotopic (exact) mass is 297 g/mol. The largest absolute Gasteiger partial charge is 0.312 e. The van der Waals surface area contributed by atoms with Gasteiger partial charge in [0.05, 0.1) is 0 Å². The van der Waals surface area contributed by atoms with Crippen molar-refractivity contribution >= 4 is 0 Å². The molecule has 0 heterocycles. The van der Waals surface area contributed by atoms with Gasteiger partial charge in [0.15, 0.2) is 0 Å². The van der Waals surface area contributed by atoms with E-state index in [9.17, 15) is 0 Å². The second kappa shape index (κ2) is 11.5. The fourth-order valence-electron chi connectivity index (χ4n) is 3.03. The maximum Gasteiger partial charge on any atom is 0.00967 e. The lowest BCUT2D eigenvalue weighted by Crippen LogP contribution is -2.43. The summed E-state index contributed by atoms with van der Waals surface area (Å²) in [4.78, 5) is 0. The van der Waals surface area contributed by atoms with Crippen molar-refractivity contribution in [3.63, 3.8) is 0 Å². The average molecular weight is 298 g/mol. The molecule has 0 bridgehead atoms. The SMILES string of the molecule is CCCCCCCCCCC(CC)(CC)CNC(C)(C)C. The standard InChI is InChI=1S/C20H43N/c1-7-10-11-12-13-14-15-16-17-20(8-2,9-3)18-21-19(4,5)6/h21H,7-18H2,1-6H3. The lowest BCUT2D eigenvalue weighted by Gasteiger charge is -2.35. The Morgan fingerprint density at radius 3 is 1.57 bits per heavy atom. The zero-order chi connectivity index (χ0) is 16.2. The number of nitrogens with one attached hydrogen (secondary N) is 1. The first kappa shape index (κ1) is 21.0. The molecule has 0 saturated carbocycles. The zero-order valence-electron chi connectivity index (χ0n) is 16.0. The lowest BCUT2D eigenvalue weighted by molar-refractivity contribution is 0.198. The summed E-state index contributed by atoms with van der Waals surface area (Å²) in [5.41, 5.74) is 0.768. The van der Waals surface area contributed by atoms with Crippen molar-refractivity contribution in [3.05, 3.63) is 0 Å². The topological polar surface area (TPSA) is 12.0 Å². The molecule has 0 amide bonds. The van der Waals surface area contributed by atoms with Crippen molar-refractivity contribution in [2.24, 2.45) is 5.41 Å². The number of rotatable bonds is 13. The van der Waals surface area contributed by atoms with Crippen LogP contribution in [0.1, 0.15) is 112 Å². The van der Waals surface area contributed by atoms with Crippen LogP contribution >= 0.6 is 0 Å². The molecule has 0 spiro atoms. The Kier molecular flexibility index (Phi) is 11.5. The van der Waals surface area contributed by atoms with Gasteiger partial charge >= 0.3 is 0 Å². The van der Waals surface area contributed by atoms with E-state index in [-0.39, 0.29) is 5.54 Å². The van der Waals surface area contributed by atoms with Gasteiger partial charge in [-0.3, -0.25) is 0 Å². The van der Waals surface area contributed by atoms with Crippen LogP contribution in [0.4, 0.5) is 0 Å². The molecule has 1 nitrogen and oxygen atoms in total. The highest BCUT2D eigenvalue weighted by molar-refractivity contribution is 4.83. The van der Waals surface area contributed by atoms with Gasteiger partial charge in [-0.2, -0.15) is 0 Å². The van der Waals surface area contributed by atoms with Gasteiger partial charge in [-0.25, -0.2) is 0 Å². The van der Waals surface area contributed by atoms with Crippen LogP contribution in [0.15, 0.2) is 0 Å². The zero-order valence-corrected chi connectivity index (χ0v) is 16.0. The highest BCUT2D eigenvalue weighted by atomic mass is 15.0. The van der Waals surface area contributed by atoms with Crippen LogP contribution < -0.4 is 5.32 Å². The third-order valence-electron chi connectivity index (χ3n) is 5.05. The predicted octanol–water partition coefficient (Wildman–Crippen LogP) is 6.71. The van der Waals surface area contributed by atoms with Gasteiger partial charge in [-0.05, 0) is 45.4 Å². The van der Waals surface area contributed by atoms with Crippen LogP contribution in [0.5, 0.6) is 0 Å². The third-order valence-corrected chi connectivity index (χ3v) is 5.05. The molecule has 0 aliphatic carbocycles. The first-order valence-corrected chi connectivity index (χ1v) is 9.64.